The summed E-state index contributed by atoms with van der Waals surface area (Å²) in [5.41, 5.74) is 4.38. The van der Waals surface area contributed by atoms with Gasteiger partial charge in [0.15, 0.2) is 0 Å². The van der Waals surface area contributed by atoms with Gasteiger partial charge in [0.05, 0.1) is 17.5 Å². The van der Waals surface area contributed by atoms with E-state index in [0.717, 1.165) is 28.1 Å². The van der Waals surface area contributed by atoms with Crippen LogP contribution in [0.5, 0.6) is 0 Å². The van der Waals surface area contributed by atoms with Gasteiger partial charge in [-0.3, -0.25) is 4.57 Å². The van der Waals surface area contributed by atoms with Gasteiger partial charge in [0.25, 0.3) is 0 Å². The normalized spacial score (nSPS) is 13.4. The highest BCUT2D eigenvalue weighted by Crippen LogP contribution is 2.29. The first-order valence-corrected chi connectivity index (χ1v) is 7.31. The van der Waals surface area contributed by atoms with E-state index in [9.17, 15) is 0 Å². The van der Waals surface area contributed by atoms with Crippen LogP contribution in [-0.2, 0) is 0 Å². The molecule has 0 fully saturated rings. The Bertz CT molecular complexity index is 948. The molecule has 0 bridgehead atoms. The highest BCUT2D eigenvalue weighted by Gasteiger charge is 2.14. The number of fused-ring (bicyclic) bond motifs is 1. The molecule has 3 aromatic rings. The van der Waals surface area contributed by atoms with Gasteiger partial charge < -0.3 is 0 Å². The third-order valence-corrected chi connectivity index (χ3v) is 3.72. The van der Waals surface area contributed by atoms with Crippen molar-refractivity contribution in [3.8, 4) is 23.2 Å². The van der Waals surface area contributed by atoms with Gasteiger partial charge in [-0.05, 0) is 24.3 Å². The number of aromatic nitrogens is 2. The maximum Gasteiger partial charge on any atom is 0.145 e. The van der Waals surface area contributed by atoms with Crippen molar-refractivity contribution in [3.05, 3.63) is 72.8 Å². The zero-order valence-electron chi connectivity index (χ0n) is 12.0. The molecule has 1 aliphatic carbocycles. The number of hydrogen-bond donors (Lipinski definition) is 0. The van der Waals surface area contributed by atoms with E-state index in [1.54, 1.807) is 0 Å². The van der Waals surface area contributed by atoms with Gasteiger partial charge >= 0.3 is 0 Å². The lowest BCUT2D eigenvalue weighted by Gasteiger charge is -2.11. The standard InChI is InChI=1S/C20H14N2/c1-2-7-13-17(12-6-1)22-19-15-9-8-14-18(19)21-20(22)16-10-4-3-5-11-16/h1,3-6,8-12,14-15H,13H2. The molecule has 0 saturated heterocycles. The first-order chi connectivity index (χ1) is 10.9. The van der Waals surface area contributed by atoms with Crippen LogP contribution in [0.2, 0.25) is 0 Å². The third kappa shape index (κ3) is 2.13. The van der Waals surface area contributed by atoms with Crippen molar-refractivity contribution in [1.29, 1.82) is 0 Å². The molecule has 4 rings (SSSR count). The molecule has 1 aromatic heterocycles. The van der Waals surface area contributed by atoms with Gasteiger partial charge in [-0.1, -0.05) is 60.4 Å². The van der Waals surface area contributed by atoms with Crippen molar-refractivity contribution >= 4 is 16.7 Å². The summed E-state index contributed by atoms with van der Waals surface area (Å²) >= 11 is 0. The highest BCUT2D eigenvalue weighted by atomic mass is 15.1. The minimum atomic E-state index is 0.715. The molecule has 2 heteroatoms. The number of nitrogens with zero attached hydrogens (tertiary/aromatic N) is 2. The van der Waals surface area contributed by atoms with Gasteiger partial charge in [0, 0.05) is 11.3 Å². The lowest BCUT2D eigenvalue weighted by Crippen LogP contribution is -1.99. The molecule has 0 radical (unpaired) electrons. The maximum absolute atomic E-state index is 4.84. The molecule has 2 aromatic carbocycles. The van der Waals surface area contributed by atoms with E-state index in [4.69, 9.17) is 4.98 Å². The molecule has 22 heavy (non-hydrogen) atoms. The largest absolute Gasteiger partial charge is 0.295 e. The molecule has 0 amide bonds. The number of para-hydroxylation sites is 2. The van der Waals surface area contributed by atoms with Gasteiger partial charge in [0.2, 0.25) is 0 Å². The zero-order chi connectivity index (χ0) is 14.8. The smallest absolute Gasteiger partial charge is 0.145 e. The van der Waals surface area contributed by atoms with E-state index in [-0.39, 0.29) is 0 Å². The van der Waals surface area contributed by atoms with Gasteiger partial charge in [-0.2, -0.15) is 0 Å². The van der Waals surface area contributed by atoms with Crippen molar-refractivity contribution in [2.75, 3.05) is 0 Å². The quantitative estimate of drug-likeness (QED) is 0.632. The summed E-state index contributed by atoms with van der Waals surface area (Å²) in [7, 11) is 0. The summed E-state index contributed by atoms with van der Waals surface area (Å²) in [6, 6.07) is 18.5. The summed E-state index contributed by atoms with van der Waals surface area (Å²) in [5, 5.41) is 0. The van der Waals surface area contributed by atoms with E-state index in [1.165, 1.54) is 0 Å². The number of rotatable bonds is 2. The molecule has 1 heterocycles. The monoisotopic (exact) mass is 282 g/mol. The molecule has 0 spiro atoms. The van der Waals surface area contributed by atoms with Gasteiger partial charge in [0.1, 0.15) is 5.82 Å². The second-order valence-electron chi connectivity index (χ2n) is 5.14. The predicted octanol–water partition coefficient (Wildman–Crippen LogP) is 4.51. The van der Waals surface area contributed by atoms with Crippen LogP contribution in [0.4, 0.5) is 0 Å². The Morgan fingerprint density at radius 2 is 1.77 bits per heavy atom. The fraction of sp³-hybridized carbons (Fsp3) is 0.0500. The van der Waals surface area contributed by atoms with Crippen LogP contribution in [-0.4, -0.2) is 9.55 Å². The molecular weight excluding hydrogens is 268 g/mol. The zero-order valence-corrected chi connectivity index (χ0v) is 12.0. The fourth-order valence-electron chi connectivity index (χ4n) is 2.72. The van der Waals surface area contributed by atoms with Crippen LogP contribution in [0.25, 0.3) is 28.1 Å². The molecular formula is C20H14N2. The van der Waals surface area contributed by atoms with Crippen molar-refractivity contribution in [2.45, 2.75) is 6.42 Å². The lowest BCUT2D eigenvalue weighted by molar-refractivity contribution is 1.09. The maximum atomic E-state index is 4.84. The van der Waals surface area contributed by atoms with Crippen LogP contribution in [0.3, 0.4) is 0 Å². The average Bonchev–Trinajstić information content (AvgIpc) is 2.76. The van der Waals surface area contributed by atoms with Crippen molar-refractivity contribution in [1.82, 2.24) is 9.55 Å². The summed E-state index contributed by atoms with van der Waals surface area (Å²) in [5.74, 6) is 7.17. The van der Waals surface area contributed by atoms with Crippen LogP contribution in [0, 0.1) is 11.8 Å². The van der Waals surface area contributed by atoms with Crippen LogP contribution < -0.4 is 0 Å². The topological polar surface area (TPSA) is 17.8 Å². The van der Waals surface area contributed by atoms with Crippen LogP contribution in [0.15, 0.2) is 72.8 Å². The second kappa shape index (κ2) is 5.38. The van der Waals surface area contributed by atoms with E-state index in [1.807, 2.05) is 42.5 Å². The Labute approximate surface area is 129 Å². The molecule has 0 N–H and O–H groups in total. The first-order valence-electron chi connectivity index (χ1n) is 7.31. The predicted molar refractivity (Wildman–Crippen MR) is 91.0 cm³/mol. The minimum Gasteiger partial charge on any atom is -0.295 e. The SMILES string of the molecule is C1#CCC(n2c(-c3ccccc3)nc3ccccc32)=CC=C1. The molecule has 2 nitrogen and oxygen atoms in total. The fourth-order valence-corrected chi connectivity index (χ4v) is 2.72. The molecule has 0 unspecified atom stereocenters. The van der Waals surface area contributed by atoms with E-state index in [2.05, 4.69) is 46.7 Å². The average molecular weight is 282 g/mol. The van der Waals surface area contributed by atoms with Crippen LogP contribution >= 0.6 is 0 Å². The second-order valence-corrected chi connectivity index (χ2v) is 5.14. The molecule has 0 saturated carbocycles. The summed E-state index contributed by atoms with van der Waals surface area (Å²) in [6.07, 6.45) is 6.70. The Morgan fingerprint density at radius 1 is 0.955 bits per heavy atom. The van der Waals surface area contributed by atoms with E-state index >= 15 is 0 Å². The molecule has 104 valence electrons. The van der Waals surface area contributed by atoms with Gasteiger partial charge in [-0.25, -0.2) is 4.98 Å². The molecule has 0 atom stereocenters. The Hall–Kier alpha value is -3.05. The lowest BCUT2D eigenvalue weighted by atomic mass is 10.2. The summed E-state index contributed by atoms with van der Waals surface area (Å²) in [6.45, 7) is 0. The van der Waals surface area contributed by atoms with Crippen molar-refractivity contribution in [2.24, 2.45) is 0 Å². The van der Waals surface area contributed by atoms with Crippen molar-refractivity contribution in [3.63, 3.8) is 0 Å². The summed E-state index contributed by atoms with van der Waals surface area (Å²) in [4.78, 5) is 4.84. The Balaban J connectivity index is 2.01. The number of allylic oxidation sites excluding steroid dienone is 4. The first kappa shape index (κ1) is 12.7. The molecule has 1 aliphatic rings. The number of hydrogen-bond acceptors (Lipinski definition) is 1. The highest BCUT2D eigenvalue weighted by molar-refractivity contribution is 5.85. The Morgan fingerprint density at radius 3 is 2.68 bits per heavy atom. The Kier molecular flexibility index (Phi) is 3.10. The van der Waals surface area contributed by atoms with Gasteiger partial charge in [-0.15, -0.1) is 0 Å². The van der Waals surface area contributed by atoms with Crippen molar-refractivity contribution < 1.29 is 0 Å². The van der Waals surface area contributed by atoms with E-state index in [0.29, 0.717) is 6.42 Å². The molecule has 0 aliphatic heterocycles. The number of imidazole rings is 1. The van der Waals surface area contributed by atoms with E-state index < -0.39 is 0 Å². The van der Waals surface area contributed by atoms with Crippen LogP contribution in [0.1, 0.15) is 6.42 Å². The number of benzene rings is 2. The summed E-state index contributed by atoms with van der Waals surface area (Å²) < 4.78 is 2.22. The minimum absolute atomic E-state index is 0.715. The third-order valence-electron chi connectivity index (χ3n) is 3.72.